The minimum Gasteiger partial charge on any atom is -0.479 e. The van der Waals surface area contributed by atoms with E-state index >= 15 is 0 Å². The van der Waals surface area contributed by atoms with Gasteiger partial charge >= 0.3 is 5.97 Å². The third-order valence-electron chi connectivity index (χ3n) is 4.49. The molecule has 0 radical (unpaired) electrons. The van der Waals surface area contributed by atoms with E-state index in [-0.39, 0.29) is 30.9 Å². The van der Waals surface area contributed by atoms with E-state index in [9.17, 15) is 19.7 Å². The van der Waals surface area contributed by atoms with Crippen LogP contribution >= 0.6 is 0 Å². The van der Waals surface area contributed by atoms with E-state index in [0.717, 1.165) is 25.9 Å². The molecule has 1 N–H and O–H groups in total. The molecule has 0 aromatic heterocycles. The molecule has 2 heterocycles. The Morgan fingerprint density at radius 1 is 1.24 bits per heavy atom. The number of anilines is 1. The highest BCUT2D eigenvalue weighted by atomic mass is 16.6. The van der Waals surface area contributed by atoms with Gasteiger partial charge in [-0.3, -0.25) is 14.9 Å². The highest BCUT2D eigenvalue weighted by Gasteiger charge is 2.31. The van der Waals surface area contributed by atoms with Crippen LogP contribution < -0.4 is 4.90 Å². The second-order valence-corrected chi connectivity index (χ2v) is 6.10. The van der Waals surface area contributed by atoms with Crippen LogP contribution in [-0.4, -0.2) is 65.7 Å². The first-order chi connectivity index (χ1) is 12.0. The van der Waals surface area contributed by atoms with Crippen molar-refractivity contribution >= 4 is 23.3 Å². The topological polar surface area (TPSA) is 113 Å². The molecular formula is C16H19N3O6. The summed E-state index contributed by atoms with van der Waals surface area (Å²) in [5, 5.41) is 20.5. The summed E-state index contributed by atoms with van der Waals surface area (Å²) in [6, 6.07) is 4.45. The highest BCUT2D eigenvalue weighted by Crippen LogP contribution is 2.32. The Labute approximate surface area is 143 Å². The molecule has 1 aromatic rings. The fourth-order valence-electron chi connectivity index (χ4n) is 3.19. The number of benzene rings is 1. The standard InChI is InChI=1S/C16H19N3O6/c20-15(18-7-8-25-14(10-18)16(21)22)11-3-4-12(13(9-11)19(23)24)17-5-1-2-6-17/h3-4,9,14H,1-2,5-8,10H2,(H,21,22). The van der Waals surface area contributed by atoms with Gasteiger partial charge in [0, 0.05) is 31.3 Å². The lowest BCUT2D eigenvalue weighted by molar-refractivity contribution is -0.384. The zero-order valence-corrected chi connectivity index (χ0v) is 13.6. The van der Waals surface area contributed by atoms with Gasteiger partial charge in [0.15, 0.2) is 6.10 Å². The number of nitro groups is 1. The van der Waals surface area contributed by atoms with Gasteiger partial charge in [0.05, 0.1) is 18.1 Å². The SMILES string of the molecule is O=C(O)C1CN(C(=O)c2ccc(N3CCCC3)c([N+](=O)[O-])c2)CCO1. The van der Waals surface area contributed by atoms with Crippen LogP contribution in [0.5, 0.6) is 0 Å². The quantitative estimate of drug-likeness (QED) is 0.640. The van der Waals surface area contributed by atoms with Crippen molar-refractivity contribution in [3.63, 3.8) is 0 Å². The van der Waals surface area contributed by atoms with E-state index < -0.39 is 22.9 Å². The lowest BCUT2D eigenvalue weighted by Crippen LogP contribution is -2.48. The predicted octanol–water partition coefficient (Wildman–Crippen LogP) is 1.12. The van der Waals surface area contributed by atoms with Crippen LogP contribution in [0.2, 0.25) is 0 Å². The first-order valence-electron chi connectivity index (χ1n) is 8.14. The van der Waals surface area contributed by atoms with Crippen LogP contribution in [0, 0.1) is 10.1 Å². The zero-order valence-electron chi connectivity index (χ0n) is 13.6. The Morgan fingerprint density at radius 3 is 2.60 bits per heavy atom. The molecule has 0 bridgehead atoms. The van der Waals surface area contributed by atoms with Crippen molar-refractivity contribution in [1.82, 2.24) is 4.90 Å². The molecule has 1 atom stereocenters. The molecule has 2 aliphatic heterocycles. The molecule has 1 unspecified atom stereocenters. The van der Waals surface area contributed by atoms with E-state index in [0.29, 0.717) is 5.69 Å². The number of carbonyl (C=O) groups is 2. The van der Waals surface area contributed by atoms with Gasteiger partial charge < -0.3 is 19.6 Å². The molecule has 0 aliphatic carbocycles. The lowest BCUT2D eigenvalue weighted by Gasteiger charge is -2.31. The molecule has 2 saturated heterocycles. The molecule has 1 amide bonds. The number of nitrogens with zero attached hydrogens (tertiary/aromatic N) is 3. The first kappa shape index (κ1) is 17.2. The van der Waals surface area contributed by atoms with E-state index in [1.54, 1.807) is 12.1 Å². The molecular weight excluding hydrogens is 330 g/mol. The molecule has 1 aromatic carbocycles. The summed E-state index contributed by atoms with van der Waals surface area (Å²) in [4.78, 5) is 37.9. The Hall–Kier alpha value is -2.68. The number of hydrogen-bond acceptors (Lipinski definition) is 6. The van der Waals surface area contributed by atoms with Crippen molar-refractivity contribution in [2.75, 3.05) is 37.7 Å². The Kier molecular flexibility index (Phi) is 4.84. The van der Waals surface area contributed by atoms with E-state index in [4.69, 9.17) is 9.84 Å². The van der Waals surface area contributed by atoms with Crippen molar-refractivity contribution in [2.45, 2.75) is 18.9 Å². The summed E-state index contributed by atoms with van der Waals surface area (Å²) in [5.74, 6) is -1.56. The van der Waals surface area contributed by atoms with Crippen molar-refractivity contribution in [3.8, 4) is 0 Å². The van der Waals surface area contributed by atoms with Gasteiger partial charge in [0.1, 0.15) is 5.69 Å². The second kappa shape index (κ2) is 7.06. The predicted molar refractivity (Wildman–Crippen MR) is 87.8 cm³/mol. The summed E-state index contributed by atoms with van der Waals surface area (Å²) in [7, 11) is 0. The number of carbonyl (C=O) groups excluding carboxylic acids is 1. The van der Waals surface area contributed by atoms with Gasteiger partial charge in [0.25, 0.3) is 11.6 Å². The van der Waals surface area contributed by atoms with Crippen molar-refractivity contribution < 1.29 is 24.4 Å². The third-order valence-corrected chi connectivity index (χ3v) is 4.49. The molecule has 25 heavy (non-hydrogen) atoms. The second-order valence-electron chi connectivity index (χ2n) is 6.10. The Balaban J connectivity index is 1.84. The van der Waals surface area contributed by atoms with Crippen molar-refractivity contribution in [3.05, 3.63) is 33.9 Å². The molecule has 2 fully saturated rings. The summed E-state index contributed by atoms with van der Waals surface area (Å²) in [6.07, 6.45) is 0.904. The van der Waals surface area contributed by atoms with Gasteiger partial charge in [-0.15, -0.1) is 0 Å². The average molecular weight is 349 g/mol. The number of carboxylic acids is 1. The molecule has 9 nitrogen and oxygen atoms in total. The van der Waals surface area contributed by atoms with Crippen LogP contribution in [0.15, 0.2) is 18.2 Å². The normalized spacial score (nSPS) is 20.6. The van der Waals surface area contributed by atoms with Gasteiger partial charge in [-0.1, -0.05) is 0 Å². The number of amides is 1. The summed E-state index contributed by atoms with van der Waals surface area (Å²) < 4.78 is 5.10. The van der Waals surface area contributed by atoms with Gasteiger partial charge in [-0.05, 0) is 25.0 Å². The lowest BCUT2D eigenvalue weighted by atomic mass is 10.1. The number of aliphatic carboxylic acids is 1. The molecule has 3 rings (SSSR count). The highest BCUT2D eigenvalue weighted by molar-refractivity contribution is 5.96. The maximum Gasteiger partial charge on any atom is 0.334 e. The molecule has 0 spiro atoms. The van der Waals surface area contributed by atoms with Crippen LogP contribution in [0.4, 0.5) is 11.4 Å². The Bertz CT molecular complexity index is 701. The number of hydrogen-bond donors (Lipinski definition) is 1. The summed E-state index contributed by atoms with van der Waals surface area (Å²) in [6.45, 7) is 1.83. The number of ether oxygens (including phenoxy) is 1. The largest absolute Gasteiger partial charge is 0.479 e. The monoisotopic (exact) mass is 349 g/mol. The fourth-order valence-corrected chi connectivity index (χ4v) is 3.19. The minimum absolute atomic E-state index is 0.0736. The Morgan fingerprint density at radius 2 is 1.96 bits per heavy atom. The zero-order chi connectivity index (χ0) is 18.0. The molecule has 2 aliphatic rings. The maximum absolute atomic E-state index is 12.6. The van der Waals surface area contributed by atoms with Crippen LogP contribution in [0.25, 0.3) is 0 Å². The smallest absolute Gasteiger partial charge is 0.334 e. The van der Waals surface area contributed by atoms with Gasteiger partial charge in [0.2, 0.25) is 0 Å². The number of morpholine rings is 1. The number of carboxylic acid groups (broad SMARTS) is 1. The van der Waals surface area contributed by atoms with E-state index in [1.807, 2.05) is 4.90 Å². The van der Waals surface area contributed by atoms with Crippen molar-refractivity contribution in [1.29, 1.82) is 0 Å². The molecule has 0 saturated carbocycles. The summed E-state index contributed by atoms with van der Waals surface area (Å²) >= 11 is 0. The number of rotatable bonds is 4. The van der Waals surface area contributed by atoms with E-state index in [2.05, 4.69) is 0 Å². The van der Waals surface area contributed by atoms with Gasteiger partial charge in [-0.25, -0.2) is 4.79 Å². The molecule has 9 heteroatoms. The third kappa shape index (κ3) is 3.55. The number of nitro benzene ring substituents is 1. The summed E-state index contributed by atoms with van der Waals surface area (Å²) in [5.41, 5.74) is 0.598. The maximum atomic E-state index is 12.6. The minimum atomic E-state index is -1.13. The van der Waals surface area contributed by atoms with Gasteiger partial charge in [-0.2, -0.15) is 0 Å². The first-order valence-corrected chi connectivity index (χ1v) is 8.14. The fraction of sp³-hybridized carbons (Fsp3) is 0.500. The van der Waals surface area contributed by atoms with E-state index in [1.165, 1.54) is 11.0 Å². The van der Waals surface area contributed by atoms with Crippen LogP contribution in [0.3, 0.4) is 0 Å². The average Bonchev–Trinajstić information content (AvgIpc) is 3.15. The van der Waals surface area contributed by atoms with Crippen LogP contribution in [0.1, 0.15) is 23.2 Å². The van der Waals surface area contributed by atoms with Crippen molar-refractivity contribution in [2.24, 2.45) is 0 Å². The van der Waals surface area contributed by atoms with Crippen LogP contribution in [-0.2, 0) is 9.53 Å². The molecule has 134 valence electrons.